The smallest absolute Gasteiger partial charge is 0.224 e. The number of fused-ring (bicyclic) bond motifs is 1. The Balaban J connectivity index is 1.82. The molecule has 0 bridgehead atoms. The quantitative estimate of drug-likeness (QED) is 0.841. The van der Waals surface area contributed by atoms with Crippen molar-refractivity contribution in [3.8, 4) is 0 Å². The van der Waals surface area contributed by atoms with E-state index in [1.54, 1.807) is 36.5 Å². The molecule has 0 atom stereocenters. The zero-order valence-electron chi connectivity index (χ0n) is 11.8. The molecular formula is C13H16ClN5OS. The van der Waals surface area contributed by atoms with Gasteiger partial charge < -0.3 is 10.4 Å². The summed E-state index contributed by atoms with van der Waals surface area (Å²) in [5.41, 5.74) is 0.994. The third-order valence-electron chi connectivity index (χ3n) is 2.94. The molecule has 2 aromatic heterocycles. The number of hydrogen-bond donors (Lipinski definition) is 2. The number of aryl methyl sites for hydroxylation is 1. The van der Waals surface area contributed by atoms with Crippen LogP contribution in [0.5, 0.6) is 0 Å². The van der Waals surface area contributed by atoms with Crippen LogP contribution in [0, 0.1) is 0 Å². The van der Waals surface area contributed by atoms with E-state index in [0.29, 0.717) is 6.54 Å². The van der Waals surface area contributed by atoms with Gasteiger partial charge in [0.15, 0.2) is 0 Å². The van der Waals surface area contributed by atoms with Crippen molar-refractivity contribution in [1.82, 2.24) is 19.7 Å². The second kappa shape index (κ2) is 5.47. The van der Waals surface area contributed by atoms with Crippen LogP contribution in [0.2, 0.25) is 5.28 Å². The van der Waals surface area contributed by atoms with Gasteiger partial charge in [0.2, 0.25) is 5.28 Å². The second-order valence-corrected chi connectivity index (χ2v) is 7.02. The van der Waals surface area contributed by atoms with E-state index in [1.165, 1.54) is 0 Å². The predicted molar refractivity (Wildman–Crippen MR) is 83.3 cm³/mol. The van der Waals surface area contributed by atoms with E-state index in [-0.39, 0.29) is 5.28 Å². The Bertz CT molecular complexity index is 667. The van der Waals surface area contributed by atoms with Crippen LogP contribution in [0.1, 0.15) is 19.5 Å². The molecule has 0 amide bonds. The fourth-order valence-electron chi connectivity index (χ4n) is 2.17. The lowest BCUT2D eigenvalue weighted by molar-refractivity contribution is 0.0578. The molecule has 2 N–H and O–H groups in total. The summed E-state index contributed by atoms with van der Waals surface area (Å²) in [6, 6.07) is 0. The number of aliphatic hydroxyl groups is 1. The lowest BCUT2D eigenvalue weighted by Crippen LogP contribution is -2.26. The lowest BCUT2D eigenvalue weighted by atomic mass is 10.1. The van der Waals surface area contributed by atoms with E-state index in [2.05, 4.69) is 20.4 Å². The summed E-state index contributed by atoms with van der Waals surface area (Å²) in [4.78, 5) is 9.56. The number of nitrogens with one attached hydrogen (secondary N) is 1. The number of aromatic nitrogens is 4. The minimum atomic E-state index is -0.807. The van der Waals surface area contributed by atoms with Crippen molar-refractivity contribution in [1.29, 1.82) is 0 Å². The van der Waals surface area contributed by atoms with Crippen LogP contribution in [0.15, 0.2) is 17.3 Å². The van der Waals surface area contributed by atoms with Gasteiger partial charge in [0, 0.05) is 18.4 Å². The molecule has 0 unspecified atom stereocenters. The third kappa shape index (κ3) is 3.48. The Hall–Kier alpha value is -1.31. The maximum atomic E-state index is 9.81. The molecule has 0 radical (unpaired) electrons. The van der Waals surface area contributed by atoms with Crippen LogP contribution < -0.4 is 5.32 Å². The topological polar surface area (TPSA) is 75.9 Å². The average molecular weight is 326 g/mol. The molecular weight excluding hydrogens is 310 g/mol. The van der Waals surface area contributed by atoms with E-state index in [4.69, 9.17) is 11.6 Å². The van der Waals surface area contributed by atoms with E-state index < -0.39 is 5.60 Å². The first-order valence-corrected chi connectivity index (χ1v) is 7.98. The van der Waals surface area contributed by atoms with Crippen molar-refractivity contribution < 1.29 is 5.11 Å². The lowest BCUT2D eigenvalue weighted by Gasteiger charge is -2.16. The Morgan fingerprint density at radius 1 is 1.48 bits per heavy atom. The fraction of sp³-hybridized carbons (Fsp3) is 0.462. The number of nitrogens with zero attached hydrogens (tertiary/aromatic N) is 4. The highest BCUT2D eigenvalue weighted by Gasteiger charge is 2.20. The van der Waals surface area contributed by atoms with Crippen LogP contribution in [0.3, 0.4) is 0 Å². The summed E-state index contributed by atoms with van der Waals surface area (Å²) in [7, 11) is 0. The molecule has 21 heavy (non-hydrogen) atoms. The molecule has 0 saturated heterocycles. The van der Waals surface area contributed by atoms with E-state index >= 15 is 0 Å². The van der Waals surface area contributed by atoms with Crippen molar-refractivity contribution in [2.45, 2.75) is 37.3 Å². The van der Waals surface area contributed by atoms with Gasteiger partial charge in [-0.25, -0.2) is 4.98 Å². The van der Waals surface area contributed by atoms with Crippen LogP contribution >= 0.6 is 23.4 Å². The summed E-state index contributed by atoms with van der Waals surface area (Å²) >= 11 is 7.69. The average Bonchev–Trinajstić information content (AvgIpc) is 2.96. The molecule has 0 spiro atoms. The Labute approximate surface area is 131 Å². The summed E-state index contributed by atoms with van der Waals surface area (Å²) in [5, 5.41) is 17.5. The van der Waals surface area contributed by atoms with Crippen LogP contribution in [-0.2, 0) is 13.0 Å². The highest BCUT2D eigenvalue weighted by molar-refractivity contribution is 7.99. The number of halogens is 1. The molecule has 0 aliphatic carbocycles. The normalized spacial score (nSPS) is 14.3. The van der Waals surface area contributed by atoms with Gasteiger partial charge in [0.25, 0.3) is 0 Å². The number of hydrogen-bond acceptors (Lipinski definition) is 6. The molecule has 3 rings (SSSR count). The highest BCUT2D eigenvalue weighted by Crippen LogP contribution is 2.37. The molecule has 0 saturated carbocycles. The Kier molecular flexibility index (Phi) is 3.81. The van der Waals surface area contributed by atoms with Gasteiger partial charge in [-0.2, -0.15) is 10.1 Å². The zero-order chi connectivity index (χ0) is 15.0. The van der Waals surface area contributed by atoms with E-state index in [9.17, 15) is 5.11 Å². The van der Waals surface area contributed by atoms with Gasteiger partial charge in [-0.15, -0.1) is 11.8 Å². The molecule has 0 fully saturated rings. The van der Waals surface area contributed by atoms with E-state index in [1.807, 2.05) is 6.20 Å². The predicted octanol–water partition coefficient (Wildman–Crippen LogP) is 2.49. The first-order valence-electron chi connectivity index (χ1n) is 6.62. The summed E-state index contributed by atoms with van der Waals surface area (Å²) < 4.78 is 1.69. The van der Waals surface area contributed by atoms with Gasteiger partial charge in [-0.3, -0.25) is 4.68 Å². The van der Waals surface area contributed by atoms with Crippen molar-refractivity contribution in [3.63, 3.8) is 0 Å². The maximum Gasteiger partial charge on any atom is 0.224 e. The Morgan fingerprint density at radius 2 is 2.29 bits per heavy atom. The van der Waals surface area contributed by atoms with Crippen molar-refractivity contribution >= 4 is 34.9 Å². The number of rotatable bonds is 4. The van der Waals surface area contributed by atoms with Crippen molar-refractivity contribution in [2.75, 3.05) is 11.1 Å². The molecule has 112 valence electrons. The highest BCUT2D eigenvalue weighted by atomic mass is 35.5. The number of thioether (sulfide) groups is 1. The van der Waals surface area contributed by atoms with Gasteiger partial charge >= 0.3 is 0 Å². The molecule has 1 aliphatic rings. The molecule has 8 heteroatoms. The van der Waals surface area contributed by atoms with Gasteiger partial charge in [-0.05, 0) is 25.4 Å². The van der Waals surface area contributed by atoms with Crippen molar-refractivity contribution in [3.05, 3.63) is 23.4 Å². The Morgan fingerprint density at radius 3 is 3.05 bits per heavy atom. The zero-order valence-corrected chi connectivity index (χ0v) is 13.4. The maximum absolute atomic E-state index is 9.81. The van der Waals surface area contributed by atoms with E-state index in [0.717, 1.165) is 34.3 Å². The van der Waals surface area contributed by atoms with Crippen molar-refractivity contribution in [2.24, 2.45) is 0 Å². The van der Waals surface area contributed by atoms with Gasteiger partial charge in [-0.1, -0.05) is 0 Å². The molecule has 0 aromatic carbocycles. The first kappa shape index (κ1) is 14.6. The van der Waals surface area contributed by atoms with Gasteiger partial charge in [0.05, 0.1) is 34.6 Å². The molecule has 1 aliphatic heterocycles. The first-order chi connectivity index (χ1) is 9.90. The van der Waals surface area contributed by atoms with Crippen LogP contribution in [0.4, 0.5) is 11.5 Å². The molecule has 6 nitrogen and oxygen atoms in total. The molecule has 3 heterocycles. The minimum Gasteiger partial charge on any atom is -0.389 e. The fourth-order valence-corrected chi connectivity index (χ4v) is 3.40. The van der Waals surface area contributed by atoms with Crippen LogP contribution in [0.25, 0.3) is 0 Å². The summed E-state index contributed by atoms with van der Waals surface area (Å²) in [6.45, 7) is 3.91. The van der Waals surface area contributed by atoms with Crippen LogP contribution in [-0.4, -0.2) is 36.2 Å². The standard InChI is InChI=1S/C13H16ClN5OS/c1-13(2,20)7-19-6-8(5-15-19)16-11-10-9(3-4-21-10)17-12(14)18-11/h5-6,20H,3-4,7H2,1-2H3,(H,16,17,18). The minimum absolute atomic E-state index is 0.252. The molecule has 2 aromatic rings. The second-order valence-electron chi connectivity index (χ2n) is 5.58. The third-order valence-corrected chi connectivity index (χ3v) is 4.23. The SMILES string of the molecule is CC(C)(O)Cn1cc(Nc2nc(Cl)nc3c2SCC3)cn1. The largest absolute Gasteiger partial charge is 0.389 e. The monoisotopic (exact) mass is 325 g/mol. The number of anilines is 2. The van der Waals surface area contributed by atoms with Gasteiger partial charge in [0.1, 0.15) is 5.82 Å². The summed E-state index contributed by atoms with van der Waals surface area (Å²) in [5.74, 6) is 1.71. The summed E-state index contributed by atoms with van der Waals surface area (Å²) in [6.07, 6.45) is 4.45.